The Balaban J connectivity index is 3.03. The first-order valence-corrected chi connectivity index (χ1v) is 5.33. The van der Waals surface area contributed by atoms with Crippen LogP contribution in [0.5, 0.6) is 11.5 Å². The summed E-state index contributed by atoms with van der Waals surface area (Å²) in [5, 5.41) is 9.60. The molecule has 1 aromatic rings. The molecule has 0 atom stereocenters. The van der Waals surface area contributed by atoms with Crippen molar-refractivity contribution in [2.24, 2.45) is 0 Å². The van der Waals surface area contributed by atoms with Crippen LogP contribution in [-0.4, -0.2) is 29.0 Å². The van der Waals surface area contributed by atoms with Crippen LogP contribution in [0.2, 0.25) is 0 Å². The summed E-state index contributed by atoms with van der Waals surface area (Å²) in [6, 6.07) is 0.928. The highest BCUT2D eigenvalue weighted by molar-refractivity contribution is 5.73. The van der Waals surface area contributed by atoms with E-state index >= 15 is 0 Å². The van der Waals surface area contributed by atoms with Gasteiger partial charge in [-0.1, -0.05) is 0 Å². The average Bonchev–Trinajstić information content (AvgIpc) is 2.23. The number of alkyl halides is 3. The minimum absolute atomic E-state index is 0.122. The summed E-state index contributed by atoms with van der Waals surface area (Å²) in [7, 11) is 0. The highest BCUT2D eigenvalue weighted by Crippen LogP contribution is 2.34. The molecule has 0 bridgehead atoms. The molecule has 0 radical (unpaired) electrons. The Kier molecular flexibility index (Phi) is 4.57. The normalized spacial score (nSPS) is 11.2. The molecule has 1 aromatic heterocycles. The van der Waals surface area contributed by atoms with Crippen molar-refractivity contribution in [1.29, 1.82) is 0 Å². The zero-order valence-electron chi connectivity index (χ0n) is 10.2. The molecule has 0 unspecified atom stereocenters. The van der Waals surface area contributed by atoms with Gasteiger partial charge < -0.3 is 14.6 Å². The van der Waals surface area contributed by atoms with Gasteiger partial charge >= 0.3 is 12.3 Å². The molecule has 5 nitrogen and oxygen atoms in total. The van der Waals surface area contributed by atoms with Gasteiger partial charge in [-0.2, -0.15) is 0 Å². The number of carbonyl (C=O) groups is 1. The monoisotopic (exact) mass is 279 g/mol. The van der Waals surface area contributed by atoms with Gasteiger partial charge in [0.25, 0.3) is 0 Å². The highest BCUT2D eigenvalue weighted by atomic mass is 19.4. The molecule has 0 aliphatic heterocycles. The number of aryl methyl sites for hydroxylation is 1. The van der Waals surface area contributed by atoms with E-state index in [-0.39, 0.29) is 18.0 Å². The van der Waals surface area contributed by atoms with Crippen LogP contribution in [0.15, 0.2) is 6.07 Å². The van der Waals surface area contributed by atoms with E-state index in [0.29, 0.717) is 0 Å². The molecule has 106 valence electrons. The second-order valence-corrected chi connectivity index (χ2v) is 3.59. The van der Waals surface area contributed by atoms with E-state index in [1.165, 1.54) is 6.92 Å². The van der Waals surface area contributed by atoms with Gasteiger partial charge in [-0.05, 0) is 13.8 Å². The van der Waals surface area contributed by atoms with Crippen LogP contribution in [0.25, 0.3) is 0 Å². The number of aromatic hydroxyl groups is 1. The van der Waals surface area contributed by atoms with E-state index < -0.39 is 30.3 Å². The highest BCUT2D eigenvalue weighted by Gasteiger charge is 2.33. The third-order valence-electron chi connectivity index (χ3n) is 2.00. The zero-order valence-corrected chi connectivity index (χ0v) is 10.2. The summed E-state index contributed by atoms with van der Waals surface area (Å²) in [5.74, 6) is -2.32. The lowest BCUT2D eigenvalue weighted by molar-refractivity contribution is -0.275. The second-order valence-electron chi connectivity index (χ2n) is 3.59. The lowest BCUT2D eigenvalue weighted by Gasteiger charge is -2.13. The fourth-order valence-corrected chi connectivity index (χ4v) is 1.37. The average molecular weight is 279 g/mol. The number of halogens is 3. The Bertz CT molecular complexity index is 474. The fourth-order valence-electron chi connectivity index (χ4n) is 1.37. The molecule has 0 saturated carbocycles. The number of hydrogen-bond donors (Lipinski definition) is 1. The SMILES string of the molecule is CCOC(=O)Cc1nc(C)cc(OC(F)(F)F)c1O. The number of nitrogens with zero attached hydrogens (tertiary/aromatic N) is 1. The standard InChI is InChI=1S/C11H12F3NO4/c1-3-18-9(16)5-7-10(17)8(4-6(2)15-7)19-11(12,13)14/h4,17H,3,5H2,1-2H3. The summed E-state index contributed by atoms with van der Waals surface area (Å²) in [6.07, 6.45) is -5.37. The first-order chi connectivity index (χ1) is 8.73. The van der Waals surface area contributed by atoms with Gasteiger partial charge in [0.1, 0.15) is 0 Å². The molecule has 1 N–H and O–H groups in total. The van der Waals surface area contributed by atoms with Gasteiger partial charge in [-0.3, -0.25) is 9.78 Å². The van der Waals surface area contributed by atoms with Crippen LogP contribution in [0, 0.1) is 6.92 Å². The number of rotatable bonds is 4. The van der Waals surface area contributed by atoms with E-state index in [1.54, 1.807) is 6.92 Å². The van der Waals surface area contributed by atoms with Gasteiger partial charge in [-0.25, -0.2) is 0 Å². The molecule has 0 aliphatic rings. The van der Waals surface area contributed by atoms with Crippen molar-refractivity contribution in [3.8, 4) is 11.5 Å². The quantitative estimate of drug-likeness (QED) is 0.855. The first-order valence-electron chi connectivity index (χ1n) is 5.33. The van der Waals surface area contributed by atoms with E-state index in [1.807, 2.05) is 0 Å². The smallest absolute Gasteiger partial charge is 0.503 e. The van der Waals surface area contributed by atoms with Crippen molar-refractivity contribution in [3.63, 3.8) is 0 Å². The van der Waals surface area contributed by atoms with Crippen molar-refractivity contribution >= 4 is 5.97 Å². The Hall–Kier alpha value is -1.99. The number of hydrogen-bond acceptors (Lipinski definition) is 5. The maximum Gasteiger partial charge on any atom is 0.573 e. The largest absolute Gasteiger partial charge is 0.573 e. The second kappa shape index (κ2) is 5.77. The number of esters is 1. The molecular formula is C11H12F3NO4. The zero-order chi connectivity index (χ0) is 14.6. The van der Waals surface area contributed by atoms with Gasteiger partial charge in [-0.15, -0.1) is 13.2 Å². The van der Waals surface area contributed by atoms with Gasteiger partial charge in [0, 0.05) is 11.8 Å². The van der Waals surface area contributed by atoms with Crippen LogP contribution >= 0.6 is 0 Å². The van der Waals surface area contributed by atoms with E-state index in [4.69, 9.17) is 0 Å². The van der Waals surface area contributed by atoms with Crippen LogP contribution in [-0.2, 0) is 16.0 Å². The third-order valence-corrected chi connectivity index (χ3v) is 2.00. The Morgan fingerprint density at radius 2 is 2.11 bits per heavy atom. The molecule has 0 aliphatic carbocycles. The maximum absolute atomic E-state index is 12.1. The molecule has 0 amide bonds. The lowest BCUT2D eigenvalue weighted by atomic mass is 10.2. The number of ether oxygens (including phenoxy) is 2. The molecule has 1 heterocycles. The predicted molar refractivity (Wildman–Crippen MR) is 57.7 cm³/mol. The van der Waals surface area contributed by atoms with Gasteiger partial charge in [0.2, 0.25) is 0 Å². The van der Waals surface area contributed by atoms with E-state index in [9.17, 15) is 23.1 Å². The van der Waals surface area contributed by atoms with Crippen LogP contribution < -0.4 is 4.74 Å². The summed E-state index contributed by atoms with van der Waals surface area (Å²) in [5.41, 5.74) is -0.0472. The maximum atomic E-state index is 12.1. The number of pyridine rings is 1. The summed E-state index contributed by atoms with van der Waals surface area (Å²) >= 11 is 0. The molecule has 19 heavy (non-hydrogen) atoms. The van der Waals surface area contributed by atoms with Gasteiger partial charge in [0.15, 0.2) is 11.5 Å². The lowest BCUT2D eigenvalue weighted by Crippen LogP contribution is -2.18. The molecule has 8 heteroatoms. The molecule has 1 rings (SSSR count). The topological polar surface area (TPSA) is 68.7 Å². The van der Waals surface area contributed by atoms with E-state index in [2.05, 4.69) is 14.5 Å². The molecule has 0 aromatic carbocycles. The number of carbonyl (C=O) groups excluding carboxylic acids is 1. The minimum atomic E-state index is -4.94. The van der Waals surface area contributed by atoms with Crippen LogP contribution in [0.4, 0.5) is 13.2 Å². The Labute approximate surface area is 107 Å². The van der Waals surface area contributed by atoms with Crippen molar-refractivity contribution in [2.75, 3.05) is 6.61 Å². The fraction of sp³-hybridized carbons (Fsp3) is 0.455. The summed E-state index contributed by atoms with van der Waals surface area (Å²) in [4.78, 5) is 15.0. The van der Waals surface area contributed by atoms with Gasteiger partial charge in [0.05, 0.1) is 18.7 Å². The summed E-state index contributed by atoms with van der Waals surface area (Å²) in [6.45, 7) is 3.12. The van der Waals surface area contributed by atoms with Crippen molar-refractivity contribution < 1.29 is 32.5 Å². The van der Waals surface area contributed by atoms with E-state index in [0.717, 1.165) is 6.07 Å². The Morgan fingerprint density at radius 3 is 2.63 bits per heavy atom. The van der Waals surface area contributed by atoms with Crippen molar-refractivity contribution in [2.45, 2.75) is 26.6 Å². The van der Waals surface area contributed by atoms with Crippen molar-refractivity contribution in [1.82, 2.24) is 4.98 Å². The van der Waals surface area contributed by atoms with Crippen LogP contribution in [0.1, 0.15) is 18.3 Å². The van der Waals surface area contributed by atoms with Crippen LogP contribution in [0.3, 0.4) is 0 Å². The third kappa shape index (κ3) is 4.65. The molecule has 0 fully saturated rings. The minimum Gasteiger partial charge on any atom is -0.503 e. The predicted octanol–water partition coefficient (Wildman–Crippen LogP) is 2.10. The molecule has 0 spiro atoms. The summed E-state index contributed by atoms with van der Waals surface area (Å²) < 4.78 is 44.6. The number of aromatic nitrogens is 1. The molecule has 0 saturated heterocycles. The first kappa shape index (κ1) is 15.1. The molecular weight excluding hydrogens is 267 g/mol. The van der Waals surface area contributed by atoms with Crippen molar-refractivity contribution in [3.05, 3.63) is 17.5 Å². The Morgan fingerprint density at radius 1 is 1.47 bits per heavy atom.